The van der Waals surface area contributed by atoms with E-state index in [1.54, 1.807) is 36.4 Å². The van der Waals surface area contributed by atoms with Crippen molar-refractivity contribution in [3.05, 3.63) is 84.2 Å². The molecule has 0 saturated heterocycles. The summed E-state index contributed by atoms with van der Waals surface area (Å²) in [5, 5.41) is 2.69. The highest BCUT2D eigenvalue weighted by Crippen LogP contribution is 2.26. The Labute approximate surface area is 162 Å². The number of amides is 1. The lowest BCUT2D eigenvalue weighted by Crippen LogP contribution is -2.19. The molecular formula is C20H17FN2O4S. The molecule has 0 bridgehead atoms. The third-order valence-electron chi connectivity index (χ3n) is 3.88. The van der Waals surface area contributed by atoms with Crippen LogP contribution >= 0.6 is 0 Å². The van der Waals surface area contributed by atoms with Gasteiger partial charge in [0.25, 0.3) is 15.9 Å². The molecule has 0 fully saturated rings. The second-order valence-corrected chi connectivity index (χ2v) is 7.45. The summed E-state index contributed by atoms with van der Waals surface area (Å²) < 4.78 is 46.0. The SMILES string of the molecule is COc1ccccc1NC(=O)c1ccccc1NS(=O)(=O)c1cccc(F)c1. The van der Waals surface area contributed by atoms with Crippen LogP contribution in [0.5, 0.6) is 5.75 Å². The Morgan fingerprint density at radius 3 is 2.32 bits per heavy atom. The minimum Gasteiger partial charge on any atom is -0.495 e. The predicted molar refractivity (Wildman–Crippen MR) is 105 cm³/mol. The van der Waals surface area contributed by atoms with Gasteiger partial charge in [-0.25, -0.2) is 12.8 Å². The molecule has 0 aromatic heterocycles. The number of nitrogens with one attached hydrogen (secondary N) is 2. The summed E-state index contributed by atoms with van der Waals surface area (Å²) in [7, 11) is -2.59. The molecule has 3 rings (SSSR count). The monoisotopic (exact) mass is 400 g/mol. The number of anilines is 2. The molecule has 2 N–H and O–H groups in total. The van der Waals surface area contributed by atoms with Crippen LogP contribution in [0.15, 0.2) is 77.7 Å². The molecule has 0 atom stereocenters. The Kier molecular flexibility index (Phi) is 5.60. The molecule has 3 aromatic carbocycles. The molecule has 0 aliphatic rings. The van der Waals surface area contributed by atoms with Gasteiger partial charge in [0.2, 0.25) is 0 Å². The molecule has 144 valence electrons. The molecule has 28 heavy (non-hydrogen) atoms. The van der Waals surface area contributed by atoms with Gasteiger partial charge in [-0.15, -0.1) is 0 Å². The third-order valence-corrected chi connectivity index (χ3v) is 5.24. The maximum absolute atomic E-state index is 13.4. The first-order valence-electron chi connectivity index (χ1n) is 8.22. The van der Waals surface area contributed by atoms with E-state index in [4.69, 9.17) is 4.74 Å². The number of para-hydroxylation sites is 3. The zero-order valence-electron chi connectivity index (χ0n) is 14.8. The van der Waals surface area contributed by atoms with Crippen LogP contribution in [-0.4, -0.2) is 21.4 Å². The zero-order chi connectivity index (χ0) is 20.1. The summed E-state index contributed by atoms with van der Waals surface area (Å²) in [6.07, 6.45) is 0. The van der Waals surface area contributed by atoms with Crippen molar-refractivity contribution in [1.29, 1.82) is 0 Å². The van der Waals surface area contributed by atoms with Crippen LogP contribution in [0.25, 0.3) is 0 Å². The minimum absolute atomic E-state index is 0.0687. The summed E-state index contributed by atoms with van der Waals surface area (Å²) in [6.45, 7) is 0. The van der Waals surface area contributed by atoms with Crippen LogP contribution in [0.4, 0.5) is 15.8 Å². The number of carbonyl (C=O) groups is 1. The first-order chi connectivity index (χ1) is 13.4. The average Bonchev–Trinajstić information content (AvgIpc) is 2.68. The van der Waals surface area contributed by atoms with Crippen LogP contribution < -0.4 is 14.8 Å². The highest BCUT2D eigenvalue weighted by Gasteiger charge is 2.19. The van der Waals surface area contributed by atoms with Gasteiger partial charge in [-0.3, -0.25) is 9.52 Å². The minimum atomic E-state index is -4.07. The molecular weight excluding hydrogens is 383 g/mol. The van der Waals surface area contributed by atoms with Gasteiger partial charge < -0.3 is 10.1 Å². The van der Waals surface area contributed by atoms with Crippen LogP contribution in [0.1, 0.15) is 10.4 Å². The fourth-order valence-electron chi connectivity index (χ4n) is 2.55. The molecule has 0 heterocycles. The van der Waals surface area contributed by atoms with E-state index in [1.807, 2.05) is 0 Å². The maximum atomic E-state index is 13.4. The van der Waals surface area contributed by atoms with E-state index < -0.39 is 21.7 Å². The molecule has 8 heteroatoms. The van der Waals surface area contributed by atoms with Crippen LogP contribution in [-0.2, 0) is 10.0 Å². The van der Waals surface area contributed by atoms with E-state index in [-0.39, 0.29) is 16.1 Å². The maximum Gasteiger partial charge on any atom is 0.262 e. The standard InChI is InChI=1S/C20H17FN2O4S/c1-27-19-12-5-4-11-18(19)22-20(24)16-9-2-3-10-17(16)23-28(25,26)15-8-6-7-14(21)13-15/h2-13,23H,1H3,(H,22,24). The predicted octanol–water partition coefficient (Wildman–Crippen LogP) is 3.89. The Morgan fingerprint density at radius 1 is 0.929 bits per heavy atom. The molecule has 0 unspecified atom stereocenters. The average molecular weight is 400 g/mol. The molecule has 0 spiro atoms. The molecule has 1 amide bonds. The van der Waals surface area contributed by atoms with E-state index in [1.165, 1.54) is 31.4 Å². The zero-order valence-corrected chi connectivity index (χ0v) is 15.7. The van der Waals surface area contributed by atoms with Crippen LogP contribution in [0, 0.1) is 5.82 Å². The van der Waals surface area contributed by atoms with Gasteiger partial charge in [0.1, 0.15) is 11.6 Å². The van der Waals surface area contributed by atoms with Gasteiger partial charge in [-0.2, -0.15) is 0 Å². The summed E-state index contributed by atoms with van der Waals surface area (Å²) >= 11 is 0. The second kappa shape index (κ2) is 8.10. The van der Waals surface area contributed by atoms with Crippen molar-refractivity contribution < 1.29 is 22.3 Å². The normalized spacial score (nSPS) is 10.9. The number of halogens is 1. The number of carbonyl (C=O) groups excluding carboxylic acids is 1. The quantitative estimate of drug-likeness (QED) is 0.658. The van der Waals surface area contributed by atoms with Crippen molar-refractivity contribution in [2.24, 2.45) is 0 Å². The molecule has 6 nitrogen and oxygen atoms in total. The Bertz CT molecular complexity index is 1120. The summed E-state index contributed by atoms with van der Waals surface area (Å²) in [6, 6.07) is 17.6. The molecule has 0 saturated carbocycles. The first-order valence-corrected chi connectivity index (χ1v) is 9.71. The topological polar surface area (TPSA) is 84.5 Å². The highest BCUT2D eigenvalue weighted by atomic mass is 32.2. The van der Waals surface area contributed by atoms with E-state index in [9.17, 15) is 17.6 Å². The van der Waals surface area contributed by atoms with Gasteiger partial charge in [0.15, 0.2) is 0 Å². The van der Waals surface area contributed by atoms with Gasteiger partial charge >= 0.3 is 0 Å². The fraction of sp³-hybridized carbons (Fsp3) is 0.0500. The van der Waals surface area contributed by atoms with E-state index in [2.05, 4.69) is 10.0 Å². The molecule has 0 aliphatic heterocycles. The lowest BCUT2D eigenvalue weighted by molar-refractivity contribution is 0.102. The second-order valence-electron chi connectivity index (χ2n) is 5.76. The van der Waals surface area contributed by atoms with Gasteiger partial charge in [-0.05, 0) is 42.5 Å². The van der Waals surface area contributed by atoms with Crippen molar-refractivity contribution in [1.82, 2.24) is 0 Å². The summed E-state index contributed by atoms with van der Waals surface area (Å²) in [4.78, 5) is 12.5. The largest absolute Gasteiger partial charge is 0.495 e. The molecule has 0 aliphatic carbocycles. The summed E-state index contributed by atoms with van der Waals surface area (Å²) in [5.41, 5.74) is 0.616. The lowest BCUT2D eigenvalue weighted by Gasteiger charge is -2.14. The number of rotatable bonds is 6. The smallest absolute Gasteiger partial charge is 0.262 e. The fourth-order valence-corrected chi connectivity index (χ4v) is 3.66. The number of methoxy groups -OCH3 is 1. The van der Waals surface area contributed by atoms with Crippen LogP contribution in [0.2, 0.25) is 0 Å². The van der Waals surface area contributed by atoms with Crippen LogP contribution in [0.3, 0.4) is 0 Å². The number of ether oxygens (including phenoxy) is 1. The van der Waals surface area contributed by atoms with E-state index in [0.717, 1.165) is 12.1 Å². The number of benzene rings is 3. The van der Waals surface area contributed by atoms with E-state index >= 15 is 0 Å². The molecule has 0 radical (unpaired) electrons. The first kappa shape index (κ1) is 19.4. The van der Waals surface area contributed by atoms with Crippen molar-refractivity contribution in [2.75, 3.05) is 17.1 Å². The Balaban J connectivity index is 1.90. The number of sulfonamides is 1. The summed E-state index contributed by atoms with van der Waals surface area (Å²) in [5.74, 6) is -0.735. The molecule has 3 aromatic rings. The van der Waals surface area contributed by atoms with Crippen molar-refractivity contribution in [3.63, 3.8) is 0 Å². The van der Waals surface area contributed by atoms with Gasteiger partial charge in [0.05, 0.1) is 28.9 Å². The third kappa shape index (κ3) is 4.29. The Hall–Kier alpha value is -3.39. The lowest BCUT2D eigenvalue weighted by atomic mass is 10.1. The van der Waals surface area contributed by atoms with Gasteiger partial charge in [0, 0.05) is 0 Å². The van der Waals surface area contributed by atoms with Crippen molar-refractivity contribution in [2.45, 2.75) is 4.90 Å². The van der Waals surface area contributed by atoms with Crippen molar-refractivity contribution in [3.8, 4) is 5.75 Å². The number of hydrogen-bond donors (Lipinski definition) is 2. The highest BCUT2D eigenvalue weighted by molar-refractivity contribution is 7.92. The van der Waals surface area contributed by atoms with Crippen molar-refractivity contribution >= 4 is 27.3 Å². The van der Waals surface area contributed by atoms with E-state index in [0.29, 0.717) is 11.4 Å². The Morgan fingerprint density at radius 2 is 1.61 bits per heavy atom. The number of hydrogen-bond acceptors (Lipinski definition) is 4. The van der Waals surface area contributed by atoms with Gasteiger partial charge in [-0.1, -0.05) is 30.3 Å².